The van der Waals surface area contributed by atoms with Gasteiger partial charge in [-0.25, -0.2) is 0 Å². The Bertz CT molecular complexity index is 544. The highest BCUT2D eigenvalue weighted by Crippen LogP contribution is 2.21. The van der Waals surface area contributed by atoms with Gasteiger partial charge in [-0.15, -0.1) is 15.3 Å². The maximum Gasteiger partial charge on any atom is 0.246 e. The monoisotopic (exact) mass is 254 g/mol. The summed E-state index contributed by atoms with van der Waals surface area (Å²) in [6.07, 6.45) is 0.261. The molecule has 2 aromatic rings. The molecule has 1 aliphatic rings. The summed E-state index contributed by atoms with van der Waals surface area (Å²) in [7, 11) is 0. The van der Waals surface area contributed by atoms with Crippen LogP contribution >= 0.6 is 11.6 Å². The van der Waals surface area contributed by atoms with Crippen LogP contribution in [0.15, 0.2) is 12.1 Å². The summed E-state index contributed by atoms with van der Waals surface area (Å²) in [5.74, 6) is 0.946. The Hall–Kier alpha value is -1.40. The molecule has 2 aromatic heterocycles. The van der Waals surface area contributed by atoms with E-state index >= 15 is 0 Å². The van der Waals surface area contributed by atoms with Gasteiger partial charge in [0.05, 0.1) is 19.3 Å². The molecule has 0 radical (unpaired) electrons. The fourth-order valence-corrected chi connectivity index (χ4v) is 1.79. The van der Waals surface area contributed by atoms with Crippen LogP contribution in [0.25, 0.3) is 5.65 Å². The van der Waals surface area contributed by atoms with Gasteiger partial charge in [0, 0.05) is 12.0 Å². The molecule has 1 aliphatic heterocycles. The number of nitrogens with zero attached hydrogens (tertiary/aromatic N) is 4. The summed E-state index contributed by atoms with van der Waals surface area (Å²) in [5, 5.41) is 12.0. The van der Waals surface area contributed by atoms with E-state index in [0.717, 1.165) is 6.61 Å². The molecule has 3 heterocycles. The first-order valence-corrected chi connectivity index (χ1v) is 5.74. The normalized spacial score (nSPS) is 23.6. The van der Waals surface area contributed by atoms with Crippen LogP contribution in [0.4, 0.5) is 0 Å². The Morgan fingerprint density at radius 2 is 2.41 bits per heavy atom. The molecule has 1 fully saturated rings. The summed E-state index contributed by atoms with van der Waals surface area (Å²) >= 11 is 5.82. The van der Waals surface area contributed by atoms with Gasteiger partial charge in [-0.2, -0.15) is 4.52 Å². The second-order valence-electron chi connectivity index (χ2n) is 4.02. The fourth-order valence-electron chi connectivity index (χ4n) is 1.62. The summed E-state index contributed by atoms with van der Waals surface area (Å²) < 4.78 is 12.3. The topological polar surface area (TPSA) is 61.5 Å². The minimum atomic E-state index is 0.228. The molecular weight excluding hydrogens is 244 g/mol. The van der Waals surface area contributed by atoms with E-state index in [2.05, 4.69) is 15.3 Å². The van der Waals surface area contributed by atoms with Crippen molar-refractivity contribution >= 4 is 17.2 Å². The van der Waals surface area contributed by atoms with Crippen molar-refractivity contribution in [2.75, 3.05) is 13.2 Å². The Labute approximate surface area is 102 Å². The smallest absolute Gasteiger partial charge is 0.246 e. The maximum atomic E-state index is 5.82. The third-order valence-corrected chi connectivity index (χ3v) is 3.12. The van der Waals surface area contributed by atoms with Crippen molar-refractivity contribution < 1.29 is 9.47 Å². The van der Waals surface area contributed by atoms with Crippen molar-refractivity contribution in [3.63, 3.8) is 0 Å². The van der Waals surface area contributed by atoms with Gasteiger partial charge < -0.3 is 9.47 Å². The van der Waals surface area contributed by atoms with Crippen LogP contribution in [0.5, 0.6) is 5.88 Å². The largest absolute Gasteiger partial charge is 0.476 e. The quantitative estimate of drug-likeness (QED) is 0.823. The third kappa shape index (κ3) is 1.94. The first-order valence-electron chi connectivity index (χ1n) is 5.36. The van der Waals surface area contributed by atoms with E-state index in [1.807, 2.05) is 6.92 Å². The van der Waals surface area contributed by atoms with Gasteiger partial charge in [0.2, 0.25) is 11.2 Å². The van der Waals surface area contributed by atoms with E-state index in [-0.39, 0.29) is 11.4 Å². The molecule has 0 amide bonds. The molecule has 2 atom stereocenters. The minimum absolute atomic E-state index is 0.228. The highest BCUT2D eigenvalue weighted by atomic mass is 35.5. The van der Waals surface area contributed by atoms with Crippen LogP contribution in [0, 0.1) is 5.92 Å². The lowest BCUT2D eigenvalue weighted by atomic mass is 10.0. The molecule has 0 saturated carbocycles. The van der Waals surface area contributed by atoms with Crippen molar-refractivity contribution in [1.29, 1.82) is 0 Å². The van der Waals surface area contributed by atoms with Crippen molar-refractivity contribution in [1.82, 2.24) is 19.8 Å². The Morgan fingerprint density at radius 1 is 1.53 bits per heavy atom. The number of ether oxygens (including phenoxy) is 2. The van der Waals surface area contributed by atoms with Gasteiger partial charge in [0.1, 0.15) is 0 Å². The molecule has 0 bridgehead atoms. The molecule has 1 saturated heterocycles. The molecule has 90 valence electrons. The second kappa shape index (κ2) is 4.12. The SMILES string of the molecule is CC1OCC1COc1ccc2nnc(Cl)n2n1. The molecule has 3 rings (SSSR count). The highest BCUT2D eigenvalue weighted by Gasteiger charge is 2.28. The van der Waals surface area contributed by atoms with E-state index in [0.29, 0.717) is 24.1 Å². The van der Waals surface area contributed by atoms with Gasteiger partial charge in [-0.3, -0.25) is 0 Å². The zero-order chi connectivity index (χ0) is 11.8. The lowest BCUT2D eigenvalue weighted by Gasteiger charge is -2.33. The first-order chi connectivity index (χ1) is 8.24. The standard InChI is InChI=1S/C10H11ClN4O2/c1-6-7(4-16-6)5-17-9-3-2-8-12-13-10(11)15(8)14-9/h2-3,6-7H,4-5H2,1H3. The molecule has 0 spiro atoms. The summed E-state index contributed by atoms with van der Waals surface area (Å²) in [6.45, 7) is 3.38. The number of hydrogen-bond acceptors (Lipinski definition) is 5. The van der Waals surface area contributed by atoms with Crippen LogP contribution in [-0.2, 0) is 4.74 Å². The molecule has 0 N–H and O–H groups in total. The van der Waals surface area contributed by atoms with E-state index in [9.17, 15) is 0 Å². The van der Waals surface area contributed by atoms with Gasteiger partial charge in [0.25, 0.3) is 0 Å². The molecule has 0 aromatic carbocycles. The zero-order valence-electron chi connectivity index (χ0n) is 9.21. The van der Waals surface area contributed by atoms with Crippen molar-refractivity contribution in [2.24, 2.45) is 5.92 Å². The number of aromatic nitrogens is 4. The Balaban J connectivity index is 1.74. The van der Waals surface area contributed by atoms with Gasteiger partial charge >= 0.3 is 0 Å². The molecule has 6 nitrogen and oxygen atoms in total. The molecule has 7 heteroatoms. The summed E-state index contributed by atoms with van der Waals surface area (Å²) in [4.78, 5) is 0. The van der Waals surface area contributed by atoms with Gasteiger partial charge in [-0.05, 0) is 24.6 Å². The van der Waals surface area contributed by atoms with Crippen LogP contribution in [0.3, 0.4) is 0 Å². The number of fused-ring (bicyclic) bond motifs is 1. The fraction of sp³-hybridized carbons (Fsp3) is 0.500. The van der Waals surface area contributed by atoms with Crippen molar-refractivity contribution in [3.05, 3.63) is 17.4 Å². The number of halogens is 1. The van der Waals surface area contributed by atoms with Crippen LogP contribution in [0.1, 0.15) is 6.92 Å². The van der Waals surface area contributed by atoms with Gasteiger partial charge in [0.15, 0.2) is 5.65 Å². The first kappa shape index (κ1) is 10.7. The average Bonchev–Trinajstić information content (AvgIpc) is 2.69. The van der Waals surface area contributed by atoms with Crippen molar-refractivity contribution in [2.45, 2.75) is 13.0 Å². The zero-order valence-corrected chi connectivity index (χ0v) is 9.96. The van der Waals surface area contributed by atoms with E-state index in [1.165, 1.54) is 4.52 Å². The van der Waals surface area contributed by atoms with E-state index in [1.54, 1.807) is 12.1 Å². The predicted octanol–water partition coefficient (Wildman–Crippen LogP) is 1.19. The Kier molecular flexibility index (Phi) is 2.60. The molecule has 0 aliphatic carbocycles. The molecular formula is C10H11ClN4O2. The summed E-state index contributed by atoms with van der Waals surface area (Å²) in [5.41, 5.74) is 0.600. The highest BCUT2D eigenvalue weighted by molar-refractivity contribution is 6.28. The minimum Gasteiger partial charge on any atom is -0.476 e. The predicted molar refractivity (Wildman–Crippen MR) is 60.2 cm³/mol. The maximum absolute atomic E-state index is 5.82. The van der Waals surface area contributed by atoms with Gasteiger partial charge in [-0.1, -0.05) is 0 Å². The second-order valence-corrected chi connectivity index (χ2v) is 4.36. The molecule has 17 heavy (non-hydrogen) atoms. The lowest BCUT2D eigenvalue weighted by molar-refractivity contribution is -0.117. The third-order valence-electron chi connectivity index (χ3n) is 2.88. The van der Waals surface area contributed by atoms with E-state index < -0.39 is 0 Å². The lowest BCUT2D eigenvalue weighted by Crippen LogP contribution is -2.41. The van der Waals surface area contributed by atoms with E-state index in [4.69, 9.17) is 21.1 Å². The van der Waals surface area contributed by atoms with Crippen LogP contribution < -0.4 is 4.74 Å². The summed E-state index contributed by atoms with van der Waals surface area (Å²) in [6, 6.07) is 3.52. The van der Waals surface area contributed by atoms with Crippen molar-refractivity contribution in [3.8, 4) is 5.88 Å². The Morgan fingerprint density at radius 3 is 3.12 bits per heavy atom. The van der Waals surface area contributed by atoms with Crippen LogP contribution in [-0.4, -0.2) is 39.1 Å². The number of hydrogen-bond donors (Lipinski definition) is 0. The number of rotatable bonds is 3. The molecule has 2 unspecified atom stereocenters. The average molecular weight is 255 g/mol. The van der Waals surface area contributed by atoms with Crippen LogP contribution in [0.2, 0.25) is 5.28 Å².